The van der Waals surface area contributed by atoms with Crippen LogP contribution in [0.15, 0.2) is 17.8 Å². The molecule has 0 spiro atoms. The maximum atomic E-state index is 5.52. The molecule has 16 heavy (non-hydrogen) atoms. The highest BCUT2D eigenvalue weighted by atomic mass is 32.1. The number of nitrogen functional groups attached to an aromatic ring is 2. The summed E-state index contributed by atoms with van der Waals surface area (Å²) in [6.45, 7) is 0.644. The summed E-state index contributed by atoms with van der Waals surface area (Å²) in [6.07, 6.45) is 1.80. The van der Waals surface area contributed by atoms with Crippen molar-refractivity contribution in [3.63, 3.8) is 0 Å². The second kappa shape index (κ2) is 4.73. The van der Waals surface area contributed by atoms with Crippen molar-refractivity contribution >= 4 is 28.9 Å². The van der Waals surface area contributed by atoms with Crippen LogP contribution >= 0.6 is 11.3 Å². The molecular weight excluding hydrogens is 226 g/mol. The van der Waals surface area contributed by atoms with Gasteiger partial charge in [0.05, 0.1) is 12.1 Å². The first-order valence-electron chi connectivity index (χ1n) is 4.50. The number of anilines is 3. The standard InChI is InChI=1S/C8H11N7S/c9-8-13-6(1-7(14-8)15-10)12-3-5-2-11-4-16-5/h1-2,4H,3,10H2,(H4,9,12,13,14,15). The Kier molecular flexibility index (Phi) is 3.13. The van der Waals surface area contributed by atoms with Gasteiger partial charge in [-0.2, -0.15) is 9.97 Å². The van der Waals surface area contributed by atoms with E-state index in [1.54, 1.807) is 29.1 Å². The van der Waals surface area contributed by atoms with Crippen LogP contribution in [0.2, 0.25) is 0 Å². The van der Waals surface area contributed by atoms with E-state index in [1.165, 1.54) is 0 Å². The minimum Gasteiger partial charge on any atom is -0.368 e. The summed E-state index contributed by atoms with van der Waals surface area (Å²) in [4.78, 5) is 13.0. The predicted octanol–water partition coefficient (Wildman–Crippen LogP) is 0.413. The van der Waals surface area contributed by atoms with Crippen molar-refractivity contribution in [3.8, 4) is 0 Å². The molecule has 0 amide bonds. The number of nitrogens with one attached hydrogen (secondary N) is 2. The van der Waals surface area contributed by atoms with Crippen molar-refractivity contribution in [1.29, 1.82) is 0 Å². The largest absolute Gasteiger partial charge is 0.368 e. The molecule has 0 saturated carbocycles. The molecule has 8 heteroatoms. The molecule has 0 fully saturated rings. The average molecular weight is 237 g/mol. The molecule has 0 saturated heterocycles. The molecule has 2 aromatic heterocycles. The smallest absolute Gasteiger partial charge is 0.223 e. The van der Waals surface area contributed by atoms with Crippen LogP contribution in [0.5, 0.6) is 0 Å². The Morgan fingerprint density at radius 2 is 2.12 bits per heavy atom. The van der Waals surface area contributed by atoms with Crippen LogP contribution in [-0.4, -0.2) is 15.0 Å². The highest BCUT2D eigenvalue weighted by molar-refractivity contribution is 7.09. The molecule has 0 aromatic carbocycles. The van der Waals surface area contributed by atoms with Gasteiger partial charge in [-0.25, -0.2) is 5.84 Å². The maximum Gasteiger partial charge on any atom is 0.223 e. The number of nitrogens with zero attached hydrogens (tertiary/aromatic N) is 3. The minimum absolute atomic E-state index is 0.169. The first kappa shape index (κ1) is 10.6. The van der Waals surface area contributed by atoms with Gasteiger partial charge in [0.25, 0.3) is 0 Å². The van der Waals surface area contributed by atoms with Gasteiger partial charge in [0.1, 0.15) is 11.6 Å². The first-order chi connectivity index (χ1) is 7.78. The first-order valence-corrected chi connectivity index (χ1v) is 5.38. The maximum absolute atomic E-state index is 5.52. The molecule has 0 atom stereocenters. The van der Waals surface area contributed by atoms with Crippen LogP contribution in [0.4, 0.5) is 17.6 Å². The Morgan fingerprint density at radius 1 is 1.31 bits per heavy atom. The Bertz CT molecular complexity index is 455. The van der Waals surface area contributed by atoms with E-state index in [1.807, 2.05) is 0 Å². The molecular formula is C8H11N7S. The van der Waals surface area contributed by atoms with E-state index < -0.39 is 0 Å². The quantitative estimate of drug-likeness (QED) is 0.449. The summed E-state index contributed by atoms with van der Waals surface area (Å²) in [7, 11) is 0. The van der Waals surface area contributed by atoms with Crippen molar-refractivity contribution < 1.29 is 0 Å². The summed E-state index contributed by atoms with van der Waals surface area (Å²) in [5.74, 6) is 6.51. The number of aromatic nitrogens is 3. The van der Waals surface area contributed by atoms with E-state index in [0.717, 1.165) is 4.88 Å². The lowest BCUT2D eigenvalue weighted by Crippen LogP contribution is -2.11. The van der Waals surface area contributed by atoms with E-state index >= 15 is 0 Å². The Balaban J connectivity index is 2.06. The third kappa shape index (κ3) is 2.55. The predicted molar refractivity (Wildman–Crippen MR) is 63.7 cm³/mol. The van der Waals surface area contributed by atoms with Gasteiger partial charge >= 0.3 is 0 Å². The van der Waals surface area contributed by atoms with E-state index in [0.29, 0.717) is 18.2 Å². The fraction of sp³-hybridized carbons (Fsp3) is 0.125. The number of hydrogen-bond acceptors (Lipinski definition) is 8. The van der Waals surface area contributed by atoms with Crippen LogP contribution in [0.1, 0.15) is 4.88 Å². The lowest BCUT2D eigenvalue weighted by atomic mass is 10.5. The molecule has 2 rings (SSSR count). The normalized spacial score (nSPS) is 10.1. The van der Waals surface area contributed by atoms with Crippen LogP contribution in [-0.2, 0) is 6.54 Å². The second-order valence-electron chi connectivity index (χ2n) is 2.96. The van der Waals surface area contributed by atoms with Crippen molar-refractivity contribution in [3.05, 3.63) is 22.7 Å². The Morgan fingerprint density at radius 3 is 2.81 bits per heavy atom. The molecule has 2 heterocycles. The summed E-state index contributed by atoms with van der Waals surface area (Å²) < 4.78 is 0. The SMILES string of the molecule is NNc1cc(NCc2cncs2)nc(N)n1. The monoisotopic (exact) mass is 237 g/mol. The van der Waals surface area contributed by atoms with Gasteiger partial charge in [-0.05, 0) is 0 Å². The van der Waals surface area contributed by atoms with Crippen LogP contribution in [0.25, 0.3) is 0 Å². The average Bonchev–Trinajstić information content (AvgIpc) is 2.78. The zero-order valence-electron chi connectivity index (χ0n) is 8.34. The molecule has 0 aliphatic heterocycles. The zero-order valence-corrected chi connectivity index (χ0v) is 9.16. The van der Waals surface area contributed by atoms with E-state index in [2.05, 4.69) is 25.7 Å². The topological polar surface area (TPSA) is 115 Å². The molecule has 84 valence electrons. The summed E-state index contributed by atoms with van der Waals surface area (Å²) in [6, 6.07) is 1.68. The molecule has 2 aromatic rings. The minimum atomic E-state index is 0.169. The van der Waals surface area contributed by atoms with E-state index in [9.17, 15) is 0 Å². The van der Waals surface area contributed by atoms with Gasteiger partial charge in [0.15, 0.2) is 0 Å². The second-order valence-corrected chi connectivity index (χ2v) is 3.93. The molecule has 0 unspecified atom stereocenters. The third-order valence-electron chi connectivity index (χ3n) is 1.82. The highest BCUT2D eigenvalue weighted by Gasteiger charge is 2.01. The number of hydrazine groups is 1. The van der Waals surface area contributed by atoms with Crippen molar-refractivity contribution in [2.24, 2.45) is 5.84 Å². The van der Waals surface area contributed by atoms with Crippen LogP contribution < -0.4 is 22.3 Å². The highest BCUT2D eigenvalue weighted by Crippen LogP contribution is 2.13. The van der Waals surface area contributed by atoms with Gasteiger partial charge in [-0.3, -0.25) is 4.98 Å². The molecule has 0 bridgehead atoms. The number of thiazole rings is 1. The van der Waals surface area contributed by atoms with Gasteiger partial charge in [0, 0.05) is 17.1 Å². The van der Waals surface area contributed by atoms with Crippen molar-refractivity contribution in [1.82, 2.24) is 15.0 Å². The summed E-state index contributed by atoms with van der Waals surface area (Å²) >= 11 is 1.57. The van der Waals surface area contributed by atoms with Gasteiger partial charge in [-0.15, -0.1) is 11.3 Å². The molecule has 6 N–H and O–H groups in total. The van der Waals surface area contributed by atoms with Crippen LogP contribution in [0, 0.1) is 0 Å². The summed E-state index contributed by atoms with van der Waals surface area (Å²) in [5, 5.41) is 3.11. The van der Waals surface area contributed by atoms with Crippen molar-refractivity contribution in [2.75, 3.05) is 16.5 Å². The fourth-order valence-corrected chi connectivity index (χ4v) is 1.67. The number of nitrogens with two attached hydrogens (primary N) is 2. The van der Waals surface area contributed by atoms with Crippen LogP contribution in [0.3, 0.4) is 0 Å². The molecule has 0 aliphatic rings. The van der Waals surface area contributed by atoms with Gasteiger partial charge in [-0.1, -0.05) is 0 Å². The Hall–Kier alpha value is -1.93. The van der Waals surface area contributed by atoms with E-state index in [-0.39, 0.29) is 5.95 Å². The molecule has 7 nitrogen and oxygen atoms in total. The van der Waals surface area contributed by atoms with Gasteiger partial charge in [0.2, 0.25) is 5.95 Å². The fourth-order valence-electron chi connectivity index (χ4n) is 1.14. The lowest BCUT2D eigenvalue weighted by Gasteiger charge is -2.06. The summed E-state index contributed by atoms with van der Waals surface area (Å²) in [5.41, 5.74) is 9.71. The number of hydrogen-bond donors (Lipinski definition) is 4. The molecule has 0 aliphatic carbocycles. The number of rotatable bonds is 4. The van der Waals surface area contributed by atoms with E-state index in [4.69, 9.17) is 11.6 Å². The van der Waals surface area contributed by atoms with Crippen molar-refractivity contribution in [2.45, 2.75) is 6.54 Å². The third-order valence-corrected chi connectivity index (χ3v) is 2.60. The lowest BCUT2D eigenvalue weighted by molar-refractivity contribution is 1.09. The van der Waals surface area contributed by atoms with Gasteiger partial charge < -0.3 is 16.5 Å². The zero-order chi connectivity index (χ0) is 11.4. The Labute approximate surface area is 95.9 Å². The molecule has 0 radical (unpaired) electrons.